The first-order chi connectivity index (χ1) is 32.4. The number of carbonyl (C=O) groups is 7. The Hall–Kier alpha value is -7.42. The number of fused-ring (bicyclic) bond motifs is 2. The van der Waals surface area contributed by atoms with Crippen molar-refractivity contribution in [3.05, 3.63) is 119 Å². The number of aromatic amines is 1. The maximum atomic E-state index is 13.8. The molecule has 67 heavy (non-hydrogen) atoms. The van der Waals surface area contributed by atoms with Gasteiger partial charge in [-0.15, -0.1) is 0 Å². The number of hydrogen-bond acceptors (Lipinski definition) is 12. The molecule has 7 amide bonds. The summed E-state index contributed by atoms with van der Waals surface area (Å²) in [6, 6.07) is 22.2. The predicted molar refractivity (Wildman–Crippen MR) is 244 cm³/mol. The maximum absolute atomic E-state index is 13.8. The van der Waals surface area contributed by atoms with Crippen LogP contribution in [0.15, 0.2) is 102 Å². The van der Waals surface area contributed by atoms with Gasteiger partial charge in [0.2, 0.25) is 27.7 Å². The first kappa shape index (κ1) is 46.1. The summed E-state index contributed by atoms with van der Waals surface area (Å²) in [5.41, 5.74) is 3.25. The van der Waals surface area contributed by atoms with Gasteiger partial charge in [-0.1, -0.05) is 24.3 Å². The molecule has 20 heteroatoms. The van der Waals surface area contributed by atoms with Crippen LogP contribution in [0.4, 0.5) is 11.4 Å². The molecule has 3 aliphatic rings. The fourth-order valence-corrected chi connectivity index (χ4v) is 9.33. The van der Waals surface area contributed by atoms with E-state index in [1.165, 1.54) is 42.5 Å². The minimum atomic E-state index is -4.26. The van der Waals surface area contributed by atoms with E-state index in [0.717, 1.165) is 40.1 Å². The molecular formula is C47H48N8O11S. The van der Waals surface area contributed by atoms with Gasteiger partial charge in [-0.3, -0.25) is 43.8 Å². The number of nitrogens with one attached hydrogen (secondary N) is 6. The summed E-state index contributed by atoms with van der Waals surface area (Å²) in [5.74, 6) is -4.16. The van der Waals surface area contributed by atoms with Crippen molar-refractivity contribution in [2.24, 2.45) is 0 Å². The lowest BCUT2D eigenvalue weighted by Crippen LogP contribution is -2.54. The van der Waals surface area contributed by atoms with Gasteiger partial charge in [0.1, 0.15) is 17.8 Å². The molecular weight excluding hydrogens is 885 g/mol. The molecule has 2 saturated heterocycles. The number of H-pyrrole nitrogens is 1. The molecule has 0 aliphatic carbocycles. The lowest BCUT2D eigenvalue weighted by molar-refractivity contribution is -0.136. The summed E-state index contributed by atoms with van der Waals surface area (Å²) in [4.78, 5) is 95.7. The summed E-state index contributed by atoms with van der Waals surface area (Å²) in [7, 11) is -4.26. The Bertz CT molecular complexity index is 2830. The van der Waals surface area contributed by atoms with Crippen molar-refractivity contribution in [3.63, 3.8) is 0 Å². The van der Waals surface area contributed by atoms with Gasteiger partial charge >= 0.3 is 0 Å². The smallest absolute Gasteiger partial charge is 0.266 e. The minimum absolute atomic E-state index is 0.000775. The van der Waals surface area contributed by atoms with E-state index in [1.807, 2.05) is 36.4 Å². The van der Waals surface area contributed by atoms with E-state index in [0.29, 0.717) is 31.7 Å². The zero-order chi connectivity index (χ0) is 47.1. The lowest BCUT2D eigenvalue weighted by Gasteiger charge is -2.29. The molecule has 4 aromatic carbocycles. The molecule has 8 rings (SSSR count). The predicted octanol–water partition coefficient (Wildman–Crippen LogP) is 2.64. The highest BCUT2D eigenvalue weighted by Crippen LogP contribution is 2.34. The highest BCUT2D eigenvalue weighted by atomic mass is 32.2. The topological polar surface area (TPSA) is 255 Å². The Balaban J connectivity index is 0.800. The molecule has 1 aromatic heterocycles. The van der Waals surface area contributed by atoms with Gasteiger partial charge < -0.3 is 35.3 Å². The van der Waals surface area contributed by atoms with Crippen molar-refractivity contribution in [1.29, 1.82) is 0 Å². The summed E-state index contributed by atoms with van der Waals surface area (Å²) >= 11 is 0. The van der Waals surface area contributed by atoms with Crippen LogP contribution in [0.3, 0.4) is 0 Å². The van der Waals surface area contributed by atoms with Crippen LogP contribution >= 0.6 is 0 Å². The number of imide groups is 2. The molecule has 1 unspecified atom stereocenters. The van der Waals surface area contributed by atoms with Gasteiger partial charge in [0, 0.05) is 66.6 Å². The number of ether oxygens (including phenoxy) is 2. The third kappa shape index (κ3) is 10.7. The second kappa shape index (κ2) is 20.4. The average molecular weight is 933 g/mol. The van der Waals surface area contributed by atoms with Gasteiger partial charge in [0.05, 0.1) is 29.2 Å². The number of rotatable bonds is 18. The highest BCUT2D eigenvalue weighted by molar-refractivity contribution is 7.89. The third-order valence-corrected chi connectivity index (χ3v) is 13.1. The zero-order valence-corrected chi connectivity index (χ0v) is 37.0. The first-order valence-electron chi connectivity index (χ1n) is 21.8. The fraction of sp³-hybridized carbons (Fsp3) is 0.298. The van der Waals surface area contributed by atoms with Gasteiger partial charge in [0.25, 0.3) is 23.6 Å². The lowest BCUT2D eigenvalue weighted by atomic mass is 10.0. The Morgan fingerprint density at radius 3 is 2.31 bits per heavy atom. The van der Waals surface area contributed by atoms with Gasteiger partial charge in [0.15, 0.2) is 6.61 Å². The number of aromatic nitrogens is 1. The van der Waals surface area contributed by atoms with Crippen LogP contribution in [0.5, 0.6) is 5.75 Å². The molecule has 348 valence electrons. The number of piperidine rings is 1. The Labute approximate surface area is 385 Å². The molecule has 0 saturated carbocycles. The molecule has 2 fully saturated rings. The number of hydrogen-bond donors (Lipinski definition) is 6. The Kier molecular flexibility index (Phi) is 14.0. The Morgan fingerprint density at radius 2 is 1.57 bits per heavy atom. The van der Waals surface area contributed by atoms with Crippen molar-refractivity contribution < 1.29 is 51.5 Å². The maximum Gasteiger partial charge on any atom is 0.266 e. The van der Waals surface area contributed by atoms with E-state index in [2.05, 4.69) is 35.9 Å². The van der Waals surface area contributed by atoms with Crippen LogP contribution in [0.25, 0.3) is 10.9 Å². The van der Waals surface area contributed by atoms with Crippen molar-refractivity contribution >= 4 is 73.7 Å². The van der Waals surface area contributed by atoms with Gasteiger partial charge in [-0.25, -0.2) is 8.42 Å². The number of anilines is 2. The number of para-hydroxylation sites is 1. The second-order valence-corrected chi connectivity index (χ2v) is 17.8. The van der Waals surface area contributed by atoms with Crippen LogP contribution in [-0.4, -0.2) is 118 Å². The number of benzene rings is 4. The molecule has 0 radical (unpaired) electrons. The highest BCUT2D eigenvalue weighted by Gasteiger charge is 2.46. The van der Waals surface area contributed by atoms with E-state index < -0.39 is 70.1 Å². The minimum Gasteiger partial charge on any atom is -0.483 e. The van der Waals surface area contributed by atoms with E-state index in [4.69, 9.17) is 9.47 Å². The van der Waals surface area contributed by atoms with Crippen LogP contribution in [-0.2, 0) is 40.4 Å². The molecule has 19 nitrogen and oxygen atoms in total. The van der Waals surface area contributed by atoms with Crippen LogP contribution in [0, 0.1) is 0 Å². The van der Waals surface area contributed by atoms with Crippen molar-refractivity contribution in [2.75, 3.05) is 56.2 Å². The standard InChI is InChI=1S/C47H48N8O11S/c56-40-19-18-38(45(60)52-40)55-46(61)35-7-5-9-39(42(35)47(55)62)66-28-41(57)48-20-3-4-21-49-43(58)29-10-16-33(17-11-29)67(63,64)53-37(26-30-27-50-36-8-2-1-6-34(30)36)44(59)51-31-12-14-32(15-13-31)54-22-24-65-25-23-54/h1-2,5-17,27,37-38,50,53H,3-4,18-26,28H2,(H,48,57)(H,49,58)(H,51,59)(H,52,56,60)/t37-,38?/m0/s1. The molecule has 4 heterocycles. The van der Waals surface area contributed by atoms with E-state index in [1.54, 1.807) is 18.3 Å². The van der Waals surface area contributed by atoms with Crippen LogP contribution in [0.2, 0.25) is 0 Å². The summed E-state index contributed by atoms with van der Waals surface area (Å²) < 4.78 is 41.2. The Morgan fingerprint density at radius 1 is 0.836 bits per heavy atom. The third-order valence-electron chi connectivity index (χ3n) is 11.7. The van der Waals surface area contributed by atoms with Crippen LogP contribution < -0.4 is 35.6 Å². The summed E-state index contributed by atoms with van der Waals surface area (Å²) in [6.45, 7) is 2.81. The summed E-state index contributed by atoms with van der Waals surface area (Å²) in [6.07, 6.45) is 2.76. The zero-order valence-electron chi connectivity index (χ0n) is 36.2. The average Bonchev–Trinajstić information content (AvgIpc) is 3.86. The van der Waals surface area contributed by atoms with Gasteiger partial charge in [-0.2, -0.15) is 4.72 Å². The van der Waals surface area contributed by atoms with E-state index in [-0.39, 0.29) is 59.7 Å². The molecule has 0 bridgehead atoms. The number of sulfonamides is 1. The number of carbonyl (C=O) groups excluding carboxylic acids is 7. The fourth-order valence-electron chi connectivity index (χ4n) is 8.14. The summed E-state index contributed by atoms with van der Waals surface area (Å²) in [5, 5.41) is 11.3. The quantitative estimate of drug-likeness (QED) is 0.0548. The number of amides is 7. The largest absolute Gasteiger partial charge is 0.483 e. The second-order valence-electron chi connectivity index (χ2n) is 16.1. The van der Waals surface area contributed by atoms with Gasteiger partial charge in [-0.05, 0) is 98.0 Å². The molecule has 2 atom stereocenters. The molecule has 6 N–H and O–H groups in total. The first-order valence-corrected chi connectivity index (χ1v) is 23.3. The van der Waals surface area contributed by atoms with Crippen molar-refractivity contribution in [2.45, 2.75) is 49.1 Å². The van der Waals surface area contributed by atoms with Crippen molar-refractivity contribution in [1.82, 2.24) is 30.6 Å². The van der Waals surface area contributed by atoms with E-state index >= 15 is 0 Å². The molecule has 5 aromatic rings. The van der Waals surface area contributed by atoms with Crippen molar-refractivity contribution in [3.8, 4) is 5.75 Å². The van der Waals surface area contributed by atoms with Crippen LogP contribution in [0.1, 0.15) is 62.3 Å². The monoisotopic (exact) mass is 932 g/mol. The molecule has 0 spiro atoms. The number of nitrogens with zero attached hydrogens (tertiary/aromatic N) is 2. The molecule has 3 aliphatic heterocycles. The number of unbranched alkanes of at least 4 members (excludes halogenated alkanes) is 1. The van der Waals surface area contributed by atoms with E-state index in [9.17, 15) is 42.0 Å². The SMILES string of the molecule is O=C(COc1cccc2c1C(=O)N(C1CCC(=O)NC1=O)C2=O)NCCCCNC(=O)c1ccc(S(=O)(=O)N[C@@H](Cc2c[nH]c3ccccc23)C(=O)Nc2ccc(N3CCOCC3)cc2)cc1. The number of morpholine rings is 1. The normalized spacial score (nSPS) is 16.6.